The Hall–Kier alpha value is -0.120. The smallest absolute Gasteiger partial charge is 0.0334 e. The first-order chi connectivity index (χ1) is 9.11. The van der Waals surface area contributed by atoms with E-state index in [1.165, 1.54) is 58.0 Å². The summed E-state index contributed by atoms with van der Waals surface area (Å²) >= 11 is 0. The van der Waals surface area contributed by atoms with Crippen LogP contribution in [0, 0.1) is 5.92 Å². The molecule has 3 nitrogen and oxygen atoms in total. The lowest BCUT2D eigenvalue weighted by Crippen LogP contribution is -2.60. The first-order valence-corrected chi connectivity index (χ1v) is 8.23. The van der Waals surface area contributed by atoms with Crippen molar-refractivity contribution < 1.29 is 0 Å². The van der Waals surface area contributed by atoms with Crippen LogP contribution in [-0.2, 0) is 0 Å². The number of likely N-dealkylation sites (tertiary alicyclic amines) is 1. The summed E-state index contributed by atoms with van der Waals surface area (Å²) in [7, 11) is 4.60. The highest BCUT2D eigenvalue weighted by Crippen LogP contribution is 2.38. The van der Waals surface area contributed by atoms with E-state index in [2.05, 4.69) is 30.8 Å². The molecule has 2 N–H and O–H groups in total. The summed E-state index contributed by atoms with van der Waals surface area (Å²) in [6.45, 7) is 5.65. The summed E-state index contributed by atoms with van der Waals surface area (Å²) in [4.78, 5) is 5.15. The fraction of sp³-hybridized carbons (Fsp3) is 1.00. The third-order valence-electron chi connectivity index (χ3n) is 5.78. The molecule has 3 heteroatoms. The average molecular weight is 267 g/mol. The maximum atomic E-state index is 6.24. The van der Waals surface area contributed by atoms with Gasteiger partial charge in [-0.3, -0.25) is 4.90 Å². The zero-order valence-corrected chi connectivity index (χ0v) is 13.2. The van der Waals surface area contributed by atoms with Crippen LogP contribution in [0.3, 0.4) is 0 Å². The number of rotatable bonds is 4. The number of piperidine rings is 1. The predicted molar refractivity (Wildman–Crippen MR) is 82.3 cm³/mol. The molecule has 1 aliphatic heterocycles. The molecular formula is C16H33N3. The number of hydrogen-bond acceptors (Lipinski definition) is 3. The molecule has 0 spiro atoms. The van der Waals surface area contributed by atoms with E-state index in [4.69, 9.17) is 5.73 Å². The van der Waals surface area contributed by atoms with Gasteiger partial charge in [0.1, 0.15) is 0 Å². The van der Waals surface area contributed by atoms with E-state index >= 15 is 0 Å². The lowest BCUT2D eigenvalue weighted by molar-refractivity contribution is -0.000274. The molecule has 0 amide bonds. The predicted octanol–water partition coefficient (Wildman–Crippen LogP) is 2.31. The summed E-state index contributed by atoms with van der Waals surface area (Å²) in [5, 5.41) is 0. The summed E-state index contributed by atoms with van der Waals surface area (Å²) in [5.74, 6) is 0.890. The van der Waals surface area contributed by atoms with Gasteiger partial charge < -0.3 is 10.6 Å². The molecule has 3 atom stereocenters. The minimum atomic E-state index is 0.280. The number of likely N-dealkylation sites (N-methyl/N-ethyl adjacent to an activating group) is 2. The van der Waals surface area contributed by atoms with Gasteiger partial charge in [-0.05, 0) is 52.2 Å². The number of hydrogen-bond donors (Lipinski definition) is 1. The minimum Gasteiger partial charge on any atom is -0.329 e. The van der Waals surface area contributed by atoms with E-state index in [1.807, 2.05) is 0 Å². The lowest BCUT2D eigenvalue weighted by Gasteiger charge is -2.51. The Morgan fingerprint density at radius 1 is 1.32 bits per heavy atom. The van der Waals surface area contributed by atoms with Crippen molar-refractivity contribution in [1.82, 2.24) is 9.80 Å². The number of nitrogens with two attached hydrogens (primary N) is 1. The largest absolute Gasteiger partial charge is 0.329 e. The van der Waals surface area contributed by atoms with Gasteiger partial charge >= 0.3 is 0 Å². The van der Waals surface area contributed by atoms with Crippen LogP contribution in [0.25, 0.3) is 0 Å². The van der Waals surface area contributed by atoms with Gasteiger partial charge in [-0.2, -0.15) is 0 Å². The van der Waals surface area contributed by atoms with Gasteiger partial charge in [0.15, 0.2) is 0 Å². The van der Waals surface area contributed by atoms with Crippen LogP contribution in [-0.4, -0.2) is 55.1 Å². The third kappa shape index (κ3) is 3.32. The Morgan fingerprint density at radius 2 is 2.11 bits per heavy atom. The fourth-order valence-electron chi connectivity index (χ4n) is 4.30. The van der Waals surface area contributed by atoms with E-state index in [9.17, 15) is 0 Å². The highest BCUT2D eigenvalue weighted by atomic mass is 15.3. The molecule has 1 saturated carbocycles. The maximum absolute atomic E-state index is 6.24. The van der Waals surface area contributed by atoms with Crippen molar-refractivity contribution in [2.45, 2.75) is 63.5 Å². The van der Waals surface area contributed by atoms with Gasteiger partial charge in [0, 0.05) is 24.7 Å². The monoisotopic (exact) mass is 267 g/mol. The molecule has 3 unspecified atom stereocenters. The van der Waals surface area contributed by atoms with Crippen molar-refractivity contribution in [2.75, 3.05) is 33.7 Å². The Kier molecular flexibility index (Phi) is 5.27. The maximum Gasteiger partial charge on any atom is 0.0334 e. The van der Waals surface area contributed by atoms with Crippen LogP contribution in [0.2, 0.25) is 0 Å². The molecule has 1 aliphatic carbocycles. The second-order valence-electron chi connectivity index (χ2n) is 6.97. The summed E-state index contributed by atoms with van der Waals surface area (Å²) in [6.07, 6.45) is 9.40. The van der Waals surface area contributed by atoms with Gasteiger partial charge in [0.2, 0.25) is 0 Å². The van der Waals surface area contributed by atoms with Crippen molar-refractivity contribution in [3.63, 3.8) is 0 Å². The highest BCUT2D eigenvalue weighted by Gasteiger charge is 2.41. The molecule has 112 valence electrons. The Bertz CT molecular complexity index is 281. The standard InChI is InChI=1S/C16H33N3/c1-4-14-7-5-9-16(11-14,13-17)19(3)15-8-6-10-18(2)12-15/h14-15H,4-13,17H2,1-3H3. The zero-order valence-electron chi connectivity index (χ0n) is 13.2. The van der Waals surface area contributed by atoms with Gasteiger partial charge in [-0.1, -0.05) is 26.2 Å². The van der Waals surface area contributed by atoms with Crippen molar-refractivity contribution in [2.24, 2.45) is 11.7 Å². The van der Waals surface area contributed by atoms with E-state index in [1.54, 1.807) is 0 Å². The second kappa shape index (κ2) is 6.55. The zero-order chi connectivity index (χ0) is 13.9. The molecule has 2 aliphatic rings. The number of nitrogens with zero attached hydrogens (tertiary/aromatic N) is 2. The Labute approximate surface area is 119 Å². The molecule has 19 heavy (non-hydrogen) atoms. The fourth-order valence-corrected chi connectivity index (χ4v) is 4.30. The van der Waals surface area contributed by atoms with Crippen molar-refractivity contribution in [1.29, 1.82) is 0 Å². The van der Waals surface area contributed by atoms with E-state index in [0.717, 1.165) is 12.5 Å². The summed E-state index contributed by atoms with van der Waals surface area (Å²) in [6, 6.07) is 0.706. The van der Waals surface area contributed by atoms with Crippen LogP contribution < -0.4 is 5.73 Å². The molecule has 2 fully saturated rings. The van der Waals surface area contributed by atoms with Gasteiger partial charge in [0.25, 0.3) is 0 Å². The minimum absolute atomic E-state index is 0.280. The molecule has 1 heterocycles. The van der Waals surface area contributed by atoms with E-state index < -0.39 is 0 Å². The molecule has 0 aromatic heterocycles. The lowest BCUT2D eigenvalue weighted by atomic mass is 9.73. The van der Waals surface area contributed by atoms with Crippen LogP contribution >= 0.6 is 0 Å². The highest BCUT2D eigenvalue weighted by molar-refractivity contribution is 4.98. The molecule has 0 radical (unpaired) electrons. The van der Waals surface area contributed by atoms with Crippen LogP contribution in [0.1, 0.15) is 51.9 Å². The van der Waals surface area contributed by atoms with Crippen LogP contribution in [0.15, 0.2) is 0 Å². The normalized spacial score (nSPS) is 37.7. The molecule has 1 saturated heterocycles. The second-order valence-corrected chi connectivity index (χ2v) is 6.97. The summed E-state index contributed by atoms with van der Waals surface area (Å²) in [5.41, 5.74) is 6.52. The average Bonchev–Trinajstić information content (AvgIpc) is 2.46. The first-order valence-electron chi connectivity index (χ1n) is 8.23. The van der Waals surface area contributed by atoms with E-state index in [-0.39, 0.29) is 5.54 Å². The van der Waals surface area contributed by atoms with Crippen molar-refractivity contribution in [3.05, 3.63) is 0 Å². The molecular weight excluding hydrogens is 234 g/mol. The van der Waals surface area contributed by atoms with Gasteiger partial charge in [-0.15, -0.1) is 0 Å². The Balaban J connectivity index is 2.06. The Morgan fingerprint density at radius 3 is 2.74 bits per heavy atom. The van der Waals surface area contributed by atoms with E-state index in [0.29, 0.717) is 6.04 Å². The summed E-state index contributed by atoms with van der Waals surface area (Å²) < 4.78 is 0. The molecule has 2 rings (SSSR count). The van der Waals surface area contributed by atoms with Gasteiger partial charge in [-0.25, -0.2) is 0 Å². The molecule has 0 aromatic rings. The first kappa shape index (κ1) is 15.3. The topological polar surface area (TPSA) is 32.5 Å². The molecule has 0 aromatic carbocycles. The SMILES string of the molecule is CCC1CCCC(CN)(N(C)C2CCCN(C)C2)C1. The molecule has 0 bridgehead atoms. The van der Waals surface area contributed by atoms with Crippen molar-refractivity contribution in [3.8, 4) is 0 Å². The van der Waals surface area contributed by atoms with Crippen LogP contribution in [0.4, 0.5) is 0 Å². The third-order valence-corrected chi connectivity index (χ3v) is 5.78. The quantitative estimate of drug-likeness (QED) is 0.848. The van der Waals surface area contributed by atoms with Crippen molar-refractivity contribution >= 4 is 0 Å². The van der Waals surface area contributed by atoms with Crippen LogP contribution in [0.5, 0.6) is 0 Å². The van der Waals surface area contributed by atoms with Gasteiger partial charge in [0.05, 0.1) is 0 Å².